The van der Waals surface area contributed by atoms with Crippen LogP contribution < -0.4 is 20.1 Å². The molecule has 0 radical (unpaired) electrons. The van der Waals surface area contributed by atoms with Crippen LogP contribution in [0.4, 0.5) is 16.7 Å². The van der Waals surface area contributed by atoms with Crippen molar-refractivity contribution in [1.29, 1.82) is 0 Å². The molecule has 0 bridgehead atoms. The first-order valence-electron chi connectivity index (χ1n) is 5.79. The molecule has 2 amide bonds. The normalized spacial score (nSPS) is 10.8. The van der Waals surface area contributed by atoms with Crippen LogP contribution in [0.3, 0.4) is 0 Å². The zero-order valence-electron chi connectivity index (χ0n) is 11.5. The van der Waals surface area contributed by atoms with Crippen molar-refractivity contribution in [3.8, 4) is 6.01 Å². The highest BCUT2D eigenvalue weighted by Crippen LogP contribution is 2.15. The molecule has 10 nitrogen and oxygen atoms in total. The number of amides is 2. The molecule has 3 N–H and O–H groups in total. The van der Waals surface area contributed by atoms with Gasteiger partial charge in [0.2, 0.25) is 11.9 Å². The fraction of sp³-hybridized carbons (Fsp3) is 0.200. The summed E-state index contributed by atoms with van der Waals surface area (Å²) in [5.41, 5.74) is 0. The molecule has 2 aromatic rings. The lowest BCUT2D eigenvalue weighted by molar-refractivity contribution is 0.256. The van der Waals surface area contributed by atoms with Crippen LogP contribution in [0.1, 0.15) is 0 Å². The first-order valence-corrected chi connectivity index (χ1v) is 8.16. The maximum Gasteiger partial charge on any atom is 0.335 e. The topological polar surface area (TPSA) is 135 Å². The van der Waals surface area contributed by atoms with Gasteiger partial charge >= 0.3 is 12.0 Å². The summed E-state index contributed by atoms with van der Waals surface area (Å²) in [4.78, 5) is 23.3. The summed E-state index contributed by atoms with van der Waals surface area (Å²) in [5, 5.41) is 6.44. The molecular weight excluding hydrogens is 332 g/mol. The largest absolute Gasteiger partial charge is 0.467 e. The first kappa shape index (κ1) is 15.9. The summed E-state index contributed by atoms with van der Waals surface area (Å²) >= 11 is 0.989. The Kier molecular flexibility index (Phi) is 4.72. The van der Waals surface area contributed by atoms with E-state index in [0.29, 0.717) is 0 Å². The Labute approximate surface area is 130 Å². The number of hydrogen-bond acceptors (Lipinski definition) is 9. The molecule has 22 heavy (non-hydrogen) atoms. The predicted molar refractivity (Wildman–Crippen MR) is 79.6 cm³/mol. The van der Waals surface area contributed by atoms with E-state index in [0.717, 1.165) is 11.3 Å². The fourth-order valence-electron chi connectivity index (χ4n) is 1.33. The van der Waals surface area contributed by atoms with Gasteiger partial charge in [-0.05, 0) is 11.4 Å². The highest BCUT2D eigenvalue weighted by Gasteiger charge is 2.19. The van der Waals surface area contributed by atoms with E-state index in [2.05, 4.69) is 25.6 Å². The van der Waals surface area contributed by atoms with Crippen molar-refractivity contribution in [1.82, 2.24) is 19.7 Å². The second kappa shape index (κ2) is 6.53. The number of ether oxygens (including phenoxy) is 1. The van der Waals surface area contributed by atoms with Crippen molar-refractivity contribution < 1.29 is 17.9 Å². The third-order valence-electron chi connectivity index (χ3n) is 2.23. The van der Waals surface area contributed by atoms with Gasteiger partial charge in [0.25, 0.3) is 10.0 Å². The van der Waals surface area contributed by atoms with Gasteiger partial charge in [0.05, 0.1) is 7.11 Å². The number of rotatable bonds is 5. The molecule has 0 aliphatic rings. The van der Waals surface area contributed by atoms with Gasteiger partial charge in [-0.2, -0.15) is 15.0 Å². The average Bonchev–Trinajstić information content (AvgIpc) is 3.01. The van der Waals surface area contributed by atoms with E-state index in [4.69, 9.17) is 4.74 Å². The quantitative estimate of drug-likeness (QED) is 0.713. The van der Waals surface area contributed by atoms with E-state index in [1.54, 1.807) is 18.5 Å². The SMILES string of the molecule is CNc1nc(NC(=O)NS(=O)(=O)c2cccs2)nc(OC)n1. The first-order chi connectivity index (χ1) is 10.4. The van der Waals surface area contributed by atoms with Crippen molar-refractivity contribution in [2.45, 2.75) is 4.21 Å². The summed E-state index contributed by atoms with van der Waals surface area (Å²) in [6.07, 6.45) is 0. The van der Waals surface area contributed by atoms with Crippen molar-refractivity contribution in [3.63, 3.8) is 0 Å². The van der Waals surface area contributed by atoms with Crippen LogP contribution in [0.15, 0.2) is 21.7 Å². The van der Waals surface area contributed by atoms with Gasteiger partial charge in [0.1, 0.15) is 4.21 Å². The third kappa shape index (κ3) is 3.79. The van der Waals surface area contributed by atoms with E-state index in [1.807, 2.05) is 4.72 Å². The van der Waals surface area contributed by atoms with Crippen LogP contribution in [0.25, 0.3) is 0 Å². The number of carbonyl (C=O) groups is 1. The minimum absolute atomic E-state index is 0.0202. The summed E-state index contributed by atoms with van der Waals surface area (Å²) < 4.78 is 30.5. The molecule has 0 unspecified atom stereocenters. The van der Waals surface area contributed by atoms with Gasteiger partial charge < -0.3 is 10.1 Å². The maximum atomic E-state index is 11.9. The number of aromatic nitrogens is 3. The summed E-state index contributed by atoms with van der Waals surface area (Å²) in [6.45, 7) is 0. The maximum absolute atomic E-state index is 11.9. The highest BCUT2D eigenvalue weighted by molar-refractivity contribution is 7.92. The number of urea groups is 1. The molecule has 12 heteroatoms. The summed E-state index contributed by atoms with van der Waals surface area (Å²) in [6, 6.07) is 1.91. The Balaban J connectivity index is 2.12. The molecule has 0 spiro atoms. The number of nitrogens with one attached hydrogen (secondary N) is 3. The van der Waals surface area contributed by atoms with Gasteiger partial charge in [-0.15, -0.1) is 11.3 Å². The number of carbonyl (C=O) groups excluding carboxylic acids is 1. The number of hydrogen-bond donors (Lipinski definition) is 3. The van der Waals surface area contributed by atoms with E-state index in [9.17, 15) is 13.2 Å². The monoisotopic (exact) mass is 344 g/mol. The molecule has 0 aromatic carbocycles. The molecule has 0 saturated heterocycles. The van der Waals surface area contributed by atoms with Gasteiger partial charge in [-0.25, -0.2) is 17.9 Å². The van der Waals surface area contributed by atoms with Crippen molar-refractivity contribution in [2.75, 3.05) is 24.8 Å². The van der Waals surface area contributed by atoms with E-state index >= 15 is 0 Å². The zero-order chi connectivity index (χ0) is 16.2. The second-order valence-electron chi connectivity index (χ2n) is 3.71. The van der Waals surface area contributed by atoms with E-state index in [1.165, 1.54) is 13.2 Å². The van der Waals surface area contributed by atoms with Gasteiger partial charge in [0, 0.05) is 7.05 Å². The van der Waals surface area contributed by atoms with E-state index < -0.39 is 16.1 Å². The molecule has 0 aliphatic carbocycles. The fourth-order valence-corrected chi connectivity index (χ4v) is 3.23. The van der Waals surface area contributed by atoms with Crippen molar-refractivity contribution in [3.05, 3.63) is 17.5 Å². The Morgan fingerprint density at radius 2 is 2.00 bits per heavy atom. The molecule has 0 fully saturated rings. The van der Waals surface area contributed by atoms with Gasteiger partial charge in [-0.3, -0.25) is 5.32 Å². The number of sulfonamides is 1. The smallest absolute Gasteiger partial charge is 0.335 e. The van der Waals surface area contributed by atoms with Crippen LogP contribution in [0, 0.1) is 0 Å². The molecule has 0 atom stereocenters. The van der Waals surface area contributed by atoms with E-state index in [-0.39, 0.29) is 22.1 Å². The number of anilines is 2. The molecule has 2 rings (SSSR count). The number of methoxy groups -OCH3 is 1. The predicted octanol–water partition coefficient (Wildman–Crippen LogP) is 0.494. The van der Waals surface area contributed by atoms with Crippen LogP contribution in [0.2, 0.25) is 0 Å². The molecule has 0 saturated carbocycles. The summed E-state index contributed by atoms with van der Waals surface area (Å²) in [5.74, 6) is -0.00153. The lowest BCUT2D eigenvalue weighted by Gasteiger charge is -2.08. The Bertz CT molecular complexity index is 739. The average molecular weight is 344 g/mol. The number of nitrogens with zero attached hydrogens (tertiary/aromatic N) is 3. The highest BCUT2D eigenvalue weighted by atomic mass is 32.2. The van der Waals surface area contributed by atoms with Crippen LogP contribution >= 0.6 is 11.3 Å². The van der Waals surface area contributed by atoms with Crippen LogP contribution in [-0.2, 0) is 10.0 Å². The second-order valence-corrected chi connectivity index (χ2v) is 6.57. The van der Waals surface area contributed by atoms with Crippen LogP contribution in [0.5, 0.6) is 6.01 Å². The minimum Gasteiger partial charge on any atom is -0.467 e. The van der Waals surface area contributed by atoms with Crippen molar-refractivity contribution in [2.24, 2.45) is 0 Å². The third-order valence-corrected chi connectivity index (χ3v) is 4.96. The Morgan fingerprint density at radius 1 is 1.27 bits per heavy atom. The van der Waals surface area contributed by atoms with Gasteiger partial charge in [-0.1, -0.05) is 6.07 Å². The molecular formula is C10H12N6O4S2. The Hall–Kier alpha value is -2.47. The van der Waals surface area contributed by atoms with Gasteiger partial charge in [0.15, 0.2) is 0 Å². The molecule has 2 heterocycles. The zero-order valence-corrected chi connectivity index (χ0v) is 13.2. The molecule has 118 valence electrons. The lowest BCUT2D eigenvalue weighted by atomic mass is 10.7. The standard InChI is InChI=1S/C10H12N6O4S2/c1-11-7-12-8(15-10(14-7)20-2)13-9(17)16-22(18,19)6-4-3-5-21-6/h3-5H,1-2H3,(H3,11,12,13,14,15,16,17). The lowest BCUT2D eigenvalue weighted by Crippen LogP contribution is -2.34. The minimum atomic E-state index is -3.93. The van der Waals surface area contributed by atoms with Crippen molar-refractivity contribution >= 4 is 39.3 Å². The Morgan fingerprint density at radius 3 is 2.59 bits per heavy atom. The van der Waals surface area contributed by atoms with Crippen LogP contribution in [-0.4, -0.2) is 43.6 Å². The molecule has 0 aliphatic heterocycles. The molecule has 2 aromatic heterocycles. The number of thiophene rings is 1. The summed E-state index contributed by atoms with van der Waals surface area (Å²) in [7, 11) is -1.01.